The van der Waals surface area contributed by atoms with Crippen LogP contribution in [-0.2, 0) is 10.2 Å². The zero-order chi connectivity index (χ0) is 23.1. The fourth-order valence-electron chi connectivity index (χ4n) is 4.90. The minimum atomic E-state index is -3.83. The fraction of sp³-hybridized carbons (Fsp3) is 0.650. The van der Waals surface area contributed by atoms with Crippen molar-refractivity contribution in [3.05, 3.63) is 23.9 Å². The first-order valence-electron chi connectivity index (χ1n) is 10.9. The van der Waals surface area contributed by atoms with Crippen LogP contribution in [0.1, 0.15) is 56.6 Å². The number of hydrogen-bond acceptors (Lipinski definition) is 5. The molecule has 0 bridgehead atoms. The second-order valence-electron chi connectivity index (χ2n) is 8.63. The largest absolute Gasteiger partial charge is 0.345 e. The van der Waals surface area contributed by atoms with Gasteiger partial charge in [0.05, 0.1) is 5.69 Å². The van der Waals surface area contributed by atoms with Gasteiger partial charge in [-0.2, -0.15) is 17.4 Å². The molecule has 12 heteroatoms. The highest BCUT2D eigenvalue weighted by Crippen LogP contribution is 2.42. The maximum Gasteiger partial charge on any atom is 0.279 e. The lowest BCUT2D eigenvalue weighted by molar-refractivity contribution is -0.0413. The molecule has 0 spiro atoms. The number of nitrogens with one attached hydrogen (secondary N) is 2. The summed E-state index contributed by atoms with van der Waals surface area (Å²) >= 11 is 0. The molecule has 32 heavy (non-hydrogen) atoms. The number of halogens is 2. The van der Waals surface area contributed by atoms with Crippen LogP contribution in [0, 0.1) is 12.8 Å². The number of aromatic nitrogens is 4. The summed E-state index contributed by atoms with van der Waals surface area (Å²) in [5.41, 5.74) is 0.797. The van der Waals surface area contributed by atoms with Crippen molar-refractivity contribution in [1.29, 1.82) is 0 Å². The smallest absolute Gasteiger partial charge is 0.279 e. The zero-order valence-corrected chi connectivity index (χ0v) is 19.1. The van der Waals surface area contributed by atoms with Crippen molar-refractivity contribution in [3.8, 4) is 5.69 Å². The topological polar surface area (TPSA) is 108 Å². The van der Waals surface area contributed by atoms with Gasteiger partial charge in [0.15, 0.2) is 5.82 Å². The van der Waals surface area contributed by atoms with Gasteiger partial charge in [0.1, 0.15) is 11.6 Å². The first kappa shape index (κ1) is 23.0. The molecule has 0 amide bonds. The Kier molecular flexibility index (Phi) is 6.21. The molecular formula is C20H29F2N7O2S. The Morgan fingerprint density at radius 3 is 2.69 bits per heavy atom. The van der Waals surface area contributed by atoms with Gasteiger partial charge in [-0.15, -0.1) is 10.2 Å². The van der Waals surface area contributed by atoms with E-state index in [1.165, 1.54) is 0 Å². The van der Waals surface area contributed by atoms with Gasteiger partial charge in [-0.05, 0) is 38.5 Å². The molecule has 0 radical (unpaired) electrons. The van der Waals surface area contributed by atoms with Crippen molar-refractivity contribution in [2.45, 2.75) is 63.8 Å². The summed E-state index contributed by atoms with van der Waals surface area (Å²) in [6, 6.07) is 1.58. The molecule has 3 atom stereocenters. The SMILES string of the molecule is C=Nc1[nH]ccc1-n1c(C)nnc1[C@H]1C[C@@H](NS(=O)(=O)N2CCC(F)(F)CC2)CC1CC. The second-order valence-corrected chi connectivity index (χ2v) is 10.3. The summed E-state index contributed by atoms with van der Waals surface area (Å²) in [7, 11) is -3.83. The number of nitrogens with zero attached hydrogens (tertiary/aromatic N) is 5. The summed E-state index contributed by atoms with van der Waals surface area (Å²) in [4.78, 5) is 7.07. The molecule has 1 aliphatic carbocycles. The summed E-state index contributed by atoms with van der Waals surface area (Å²) in [5.74, 6) is -0.519. The lowest BCUT2D eigenvalue weighted by Crippen LogP contribution is -2.49. The maximum absolute atomic E-state index is 13.4. The van der Waals surface area contributed by atoms with Gasteiger partial charge < -0.3 is 4.98 Å². The Balaban J connectivity index is 1.54. The zero-order valence-electron chi connectivity index (χ0n) is 18.3. The molecule has 2 aromatic heterocycles. The van der Waals surface area contributed by atoms with Crippen molar-refractivity contribution >= 4 is 22.7 Å². The number of H-pyrrole nitrogens is 1. The summed E-state index contributed by atoms with van der Waals surface area (Å²) < 4.78 is 58.4. The third-order valence-corrected chi connectivity index (χ3v) is 8.29. The summed E-state index contributed by atoms with van der Waals surface area (Å²) in [6.45, 7) is 7.19. The Morgan fingerprint density at radius 1 is 1.31 bits per heavy atom. The Morgan fingerprint density at radius 2 is 2.03 bits per heavy atom. The number of aryl methyl sites for hydroxylation is 1. The average Bonchev–Trinajstić information content (AvgIpc) is 3.44. The molecule has 1 saturated carbocycles. The molecule has 2 aromatic rings. The van der Waals surface area contributed by atoms with Crippen LogP contribution >= 0.6 is 0 Å². The molecular weight excluding hydrogens is 440 g/mol. The van der Waals surface area contributed by atoms with Crippen molar-refractivity contribution in [2.24, 2.45) is 10.9 Å². The van der Waals surface area contributed by atoms with E-state index in [4.69, 9.17) is 0 Å². The lowest BCUT2D eigenvalue weighted by Gasteiger charge is -2.31. The minimum absolute atomic E-state index is 0.00726. The number of alkyl halides is 2. The normalized spacial score (nSPS) is 26.4. The highest BCUT2D eigenvalue weighted by Gasteiger charge is 2.42. The molecule has 1 unspecified atom stereocenters. The van der Waals surface area contributed by atoms with Crippen molar-refractivity contribution < 1.29 is 17.2 Å². The molecule has 2 aliphatic rings. The highest BCUT2D eigenvalue weighted by molar-refractivity contribution is 7.87. The van der Waals surface area contributed by atoms with E-state index in [-0.39, 0.29) is 31.0 Å². The minimum Gasteiger partial charge on any atom is -0.345 e. The van der Waals surface area contributed by atoms with E-state index in [0.29, 0.717) is 24.5 Å². The molecule has 2 fully saturated rings. The van der Waals surface area contributed by atoms with Gasteiger partial charge in [-0.1, -0.05) is 13.3 Å². The Bertz CT molecular complexity index is 1070. The molecule has 4 rings (SSSR count). The average molecular weight is 470 g/mol. The molecule has 0 aromatic carbocycles. The lowest BCUT2D eigenvalue weighted by atomic mass is 9.93. The second kappa shape index (κ2) is 8.64. The predicted octanol–water partition coefficient (Wildman–Crippen LogP) is 3.07. The van der Waals surface area contributed by atoms with E-state index in [0.717, 1.165) is 22.2 Å². The monoisotopic (exact) mass is 469 g/mol. The number of aliphatic imine (C=N–C) groups is 1. The Hall–Kier alpha value is -2.18. The van der Waals surface area contributed by atoms with Gasteiger partial charge in [-0.3, -0.25) is 4.57 Å². The Labute approximate surface area is 186 Å². The fourth-order valence-corrected chi connectivity index (χ4v) is 6.33. The van der Waals surface area contributed by atoms with Crippen LogP contribution in [0.15, 0.2) is 17.3 Å². The molecule has 9 nitrogen and oxygen atoms in total. The van der Waals surface area contributed by atoms with Gasteiger partial charge in [0.25, 0.3) is 16.1 Å². The number of rotatable bonds is 7. The first-order valence-corrected chi connectivity index (χ1v) is 12.3. The third kappa shape index (κ3) is 4.35. The third-order valence-electron chi connectivity index (χ3n) is 6.61. The van der Waals surface area contributed by atoms with E-state index in [9.17, 15) is 17.2 Å². The van der Waals surface area contributed by atoms with E-state index < -0.39 is 29.0 Å². The van der Waals surface area contributed by atoms with Crippen LogP contribution in [0.25, 0.3) is 5.69 Å². The maximum atomic E-state index is 13.4. The first-order chi connectivity index (χ1) is 15.1. The van der Waals surface area contributed by atoms with Crippen LogP contribution < -0.4 is 4.72 Å². The van der Waals surface area contributed by atoms with Gasteiger partial charge in [0, 0.05) is 44.1 Å². The van der Waals surface area contributed by atoms with Gasteiger partial charge >= 0.3 is 0 Å². The van der Waals surface area contributed by atoms with E-state index in [2.05, 4.69) is 38.5 Å². The van der Waals surface area contributed by atoms with Crippen LogP contribution in [0.3, 0.4) is 0 Å². The van der Waals surface area contributed by atoms with Crippen LogP contribution in [0.2, 0.25) is 0 Å². The molecule has 1 aliphatic heterocycles. The number of piperidine rings is 1. The van der Waals surface area contributed by atoms with Gasteiger partial charge in [0.2, 0.25) is 0 Å². The van der Waals surface area contributed by atoms with E-state index in [1.54, 1.807) is 6.20 Å². The molecule has 176 valence electrons. The number of aromatic amines is 1. The van der Waals surface area contributed by atoms with Gasteiger partial charge in [-0.25, -0.2) is 13.8 Å². The predicted molar refractivity (Wildman–Crippen MR) is 117 cm³/mol. The summed E-state index contributed by atoms with van der Waals surface area (Å²) in [5, 5.41) is 8.70. The van der Waals surface area contributed by atoms with E-state index in [1.807, 2.05) is 17.6 Å². The molecule has 1 saturated heterocycles. The van der Waals surface area contributed by atoms with Crippen LogP contribution in [-0.4, -0.2) is 64.2 Å². The van der Waals surface area contributed by atoms with E-state index >= 15 is 0 Å². The van der Waals surface area contributed by atoms with Crippen molar-refractivity contribution in [2.75, 3.05) is 13.1 Å². The van der Waals surface area contributed by atoms with Crippen LogP contribution in [0.5, 0.6) is 0 Å². The number of hydrogen-bond donors (Lipinski definition) is 2. The summed E-state index contributed by atoms with van der Waals surface area (Å²) in [6.07, 6.45) is 2.93. The van der Waals surface area contributed by atoms with Crippen LogP contribution in [0.4, 0.5) is 14.6 Å². The quantitative estimate of drug-likeness (QED) is 0.608. The highest BCUT2D eigenvalue weighted by atomic mass is 32.2. The standard InChI is InChI=1S/C20H29F2N7O2S/c1-4-14-11-15(27-32(30,31)28-9-6-20(21,22)7-10-28)12-16(14)19-26-25-13(2)29(19)17-5-8-24-18(17)23-3/h5,8,14-16,24,27H,3-4,6-7,9-12H2,1-2H3/t14?,15-,16-/m0/s1. The molecule has 3 heterocycles. The molecule has 2 N–H and O–H groups in total. The van der Waals surface area contributed by atoms with Crippen molar-refractivity contribution in [1.82, 2.24) is 28.8 Å². The van der Waals surface area contributed by atoms with Crippen molar-refractivity contribution in [3.63, 3.8) is 0 Å².